The molecule has 6 heteroatoms. The van der Waals surface area contributed by atoms with Crippen molar-refractivity contribution in [3.05, 3.63) is 30.2 Å². The summed E-state index contributed by atoms with van der Waals surface area (Å²) >= 11 is 0. The van der Waals surface area contributed by atoms with Crippen LogP contribution in [0.2, 0.25) is 0 Å². The molecule has 4 rings (SSSR count). The molecule has 2 heterocycles. The first-order valence-electron chi connectivity index (χ1n) is 8.93. The lowest BCUT2D eigenvalue weighted by atomic mass is 9.83. The normalized spacial score (nSPS) is 21.5. The Hall–Kier alpha value is -2.11. The number of aromatic nitrogens is 2. The Balaban J connectivity index is 1.58. The van der Waals surface area contributed by atoms with E-state index in [1.54, 1.807) is 0 Å². The summed E-state index contributed by atoms with van der Waals surface area (Å²) in [6.07, 6.45) is 6.30. The van der Waals surface area contributed by atoms with Gasteiger partial charge in [-0.3, -0.25) is 4.79 Å². The second-order valence-corrected chi connectivity index (χ2v) is 7.00. The molecule has 1 amide bonds. The van der Waals surface area contributed by atoms with Crippen LogP contribution in [0.3, 0.4) is 0 Å². The van der Waals surface area contributed by atoms with Crippen LogP contribution in [0.1, 0.15) is 50.5 Å². The maximum Gasteiger partial charge on any atom is 0.249 e. The monoisotopic (exact) mass is 323 g/mol. The molecule has 5 nitrogen and oxygen atoms in total. The lowest BCUT2D eigenvalue weighted by Gasteiger charge is -2.38. The van der Waals surface area contributed by atoms with Gasteiger partial charge in [-0.2, -0.15) is 4.98 Å². The summed E-state index contributed by atoms with van der Waals surface area (Å²) in [4.78, 5) is 19.3. The molecule has 1 aliphatic heterocycles. The van der Waals surface area contributed by atoms with Crippen molar-refractivity contribution in [1.82, 2.24) is 15.0 Å². The van der Waals surface area contributed by atoms with E-state index in [1.807, 2.05) is 37.0 Å². The Labute approximate surface area is 142 Å². The maximum atomic E-state index is 12.7. The third kappa shape index (κ3) is 2.85. The number of hydrogen-bond acceptors (Lipinski definition) is 4. The van der Waals surface area contributed by atoms with E-state index in [9.17, 15) is 4.79 Å². The van der Waals surface area contributed by atoms with E-state index < -0.39 is 0 Å². The SMILES string of the molecule is Bc1cccc(-c2noc(C3CCCCN3C(=O)C3CCC3)n2)c1. The molecule has 1 unspecified atom stereocenters. The minimum absolute atomic E-state index is 0.0575. The summed E-state index contributed by atoms with van der Waals surface area (Å²) in [5.41, 5.74) is 2.12. The number of amides is 1. The molecule has 124 valence electrons. The van der Waals surface area contributed by atoms with E-state index in [2.05, 4.69) is 10.1 Å². The lowest BCUT2D eigenvalue weighted by molar-refractivity contribution is -0.142. The Morgan fingerprint density at radius 2 is 2.08 bits per heavy atom. The van der Waals surface area contributed by atoms with Crippen LogP contribution in [0.25, 0.3) is 11.4 Å². The zero-order chi connectivity index (χ0) is 16.5. The number of benzene rings is 1. The molecule has 24 heavy (non-hydrogen) atoms. The van der Waals surface area contributed by atoms with Crippen molar-refractivity contribution in [3.63, 3.8) is 0 Å². The van der Waals surface area contributed by atoms with E-state index in [4.69, 9.17) is 4.52 Å². The van der Waals surface area contributed by atoms with Gasteiger partial charge in [0.1, 0.15) is 13.9 Å². The van der Waals surface area contributed by atoms with Crippen LogP contribution in [0.4, 0.5) is 0 Å². The highest BCUT2D eigenvalue weighted by molar-refractivity contribution is 6.32. The summed E-state index contributed by atoms with van der Waals surface area (Å²) in [7, 11) is 2.05. The number of rotatable bonds is 3. The average molecular weight is 323 g/mol. The molecular weight excluding hydrogens is 301 g/mol. The summed E-state index contributed by atoms with van der Waals surface area (Å²) in [5, 5.41) is 4.15. The van der Waals surface area contributed by atoms with Gasteiger partial charge in [0.15, 0.2) is 0 Å². The fourth-order valence-electron chi connectivity index (χ4n) is 3.61. The van der Waals surface area contributed by atoms with Gasteiger partial charge in [-0.05, 0) is 32.1 Å². The lowest BCUT2D eigenvalue weighted by Crippen LogP contribution is -2.43. The van der Waals surface area contributed by atoms with Crippen molar-refractivity contribution < 1.29 is 9.32 Å². The van der Waals surface area contributed by atoms with Gasteiger partial charge in [0, 0.05) is 18.0 Å². The summed E-state index contributed by atoms with van der Waals surface area (Å²) < 4.78 is 5.56. The second-order valence-electron chi connectivity index (χ2n) is 7.00. The fourth-order valence-corrected chi connectivity index (χ4v) is 3.61. The number of likely N-dealkylation sites (tertiary alicyclic amines) is 1. The third-order valence-corrected chi connectivity index (χ3v) is 5.24. The van der Waals surface area contributed by atoms with Gasteiger partial charge >= 0.3 is 0 Å². The Bertz CT molecular complexity index is 741. The van der Waals surface area contributed by atoms with Crippen molar-refractivity contribution in [1.29, 1.82) is 0 Å². The number of carbonyl (C=O) groups excluding carboxylic acids is 1. The summed E-state index contributed by atoms with van der Waals surface area (Å²) in [6.45, 7) is 0.808. The third-order valence-electron chi connectivity index (χ3n) is 5.24. The first kappa shape index (κ1) is 15.4. The van der Waals surface area contributed by atoms with Crippen LogP contribution in [0.15, 0.2) is 28.8 Å². The van der Waals surface area contributed by atoms with Gasteiger partial charge in [-0.1, -0.05) is 41.3 Å². The molecule has 0 radical (unpaired) electrons. The summed E-state index contributed by atoms with van der Waals surface area (Å²) in [5.74, 6) is 1.68. The standard InChI is InChI=1S/C18H22BN3O2/c19-14-8-4-7-13(11-14)16-20-17(24-21-16)15-9-1-2-10-22(15)18(23)12-5-3-6-12/h4,7-8,11-12,15H,1-3,5-6,9-10,19H2. The van der Waals surface area contributed by atoms with Crippen molar-refractivity contribution in [2.45, 2.75) is 44.6 Å². The molecular formula is C18H22BN3O2. The van der Waals surface area contributed by atoms with E-state index >= 15 is 0 Å². The zero-order valence-electron chi connectivity index (χ0n) is 14.1. The van der Waals surface area contributed by atoms with Gasteiger partial charge in [0.05, 0.1) is 0 Å². The van der Waals surface area contributed by atoms with Crippen molar-refractivity contribution in [3.8, 4) is 11.4 Å². The van der Waals surface area contributed by atoms with Gasteiger partial charge < -0.3 is 9.42 Å². The minimum atomic E-state index is -0.0575. The number of carbonyl (C=O) groups is 1. The zero-order valence-corrected chi connectivity index (χ0v) is 14.1. The number of nitrogens with zero attached hydrogens (tertiary/aromatic N) is 3. The van der Waals surface area contributed by atoms with Crippen LogP contribution in [0.5, 0.6) is 0 Å². The molecule has 1 aliphatic carbocycles. The van der Waals surface area contributed by atoms with Gasteiger partial charge in [0.25, 0.3) is 0 Å². The predicted molar refractivity (Wildman–Crippen MR) is 93.6 cm³/mol. The molecule has 2 aliphatic rings. The van der Waals surface area contributed by atoms with Crippen LogP contribution in [-0.2, 0) is 4.79 Å². The van der Waals surface area contributed by atoms with Crippen molar-refractivity contribution in [2.24, 2.45) is 5.92 Å². The fraction of sp³-hybridized carbons (Fsp3) is 0.500. The Morgan fingerprint density at radius 3 is 2.83 bits per heavy atom. The largest absolute Gasteiger partial charge is 0.337 e. The second kappa shape index (κ2) is 6.42. The van der Waals surface area contributed by atoms with Gasteiger partial charge in [-0.15, -0.1) is 0 Å². The Morgan fingerprint density at radius 1 is 1.21 bits per heavy atom. The van der Waals surface area contributed by atoms with Crippen LogP contribution < -0.4 is 5.46 Å². The highest BCUT2D eigenvalue weighted by Gasteiger charge is 2.37. The maximum absolute atomic E-state index is 12.7. The molecule has 0 spiro atoms. The first-order valence-corrected chi connectivity index (χ1v) is 8.93. The average Bonchev–Trinajstić information content (AvgIpc) is 3.03. The molecule has 2 aromatic rings. The van der Waals surface area contributed by atoms with E-state index in [-0.39, 0.29) is 17.9 Å². The molecule has 0 bridgehead atoms. The number of hydrogen-bond donors (Lipinski definition) is 0. The van der Waals surface area contributed by atoms with Crippen LogP contribution in [-0.4, -0.2) is 35.3 Å². The minimum Gasteiger partial charge on any atom is -0.337 e. The van der Waals surface area contributed by atoms with Gasteiger partial charge in [-0.25, -0.2) is 0 Å². The first-order chi connectivity index (χ1) is 11.7. The van der Waals surface area contributed by atoms with E-state index in [0.29, 0.717) is 11.7 Å². The van der Waals surface area contributed by atoms with E-state index in [0.717, 1.165) is 44.2 Å². The molecule has 1 saturated heterocycles. The van der Waals surface area contributed by atoms with Crippen LogP contribution >= 0.6 is 0 Å². The molecule has 1 aromatic heterocycles. The smallest absolute Gasteiger partial charge is 0.249 e. The summed E-state index contributed by atoms with van der Waals surface area (Å²) in [6, 6.07) is 8.02. The number of piperidine rings is 1. The van der Waals surface area contributed by atoms with E-state index in [1.165, 1.54) is 11.9 Å². The highest BCUT2D eigenvalue weighted by atomic mass is 16.5. The molecule has 1 aromatic carbocycles. The molecule has 1 atom stereocenters. The predicted octanol–water partition coefficient (Wildman–Crippen LogP) is 1.85. The molecule has 0 N–H and O–H groups in total. The Kier molecular flexibility index (Phi) is 4.13. The topological polar surface area (TPSA) is 59.2 Å². The van der Waals surface area contributed by atoms with Crippen LogP contribution in [0, 0.1) is 5.92 Å². The van der Waals surface area contributed by atoms with Crippen molar-refractivity contribution in [2.75, 3.05) is 6.54 Å². The van der Waals surface area contributed by atoms with Gasteiger partial charge in [0.2, 0.25) is 17.6 Å². The van der Waals surface area contributed by atoms with Crippen molar-refractivity contribution >= 4 is 19.2 Å². The molecule has 1 saturated carbocycles. The quantitative estimate of drug-likeness (QED) is 0.809. The highest BCUT2D eigenvalue weighted by Crippen LogP contribution is 2.36. The molecule has 2 fully saturated rings.